The van der Waals surface area contributed by atoms with E-state index in [0.29, 0.717) is 5.41 Å². The van der Waals surface area contributed by atoms with E-state index >= 15 is 0 Å². The van der Waals surface area contributed by atoms with Gasteiger partial charge in [-0.05, 0) is 50.0 Å². The van der Waals surface area contributed by atoms with Crippen LogP contribution in [0.25, 0.3) is 0 Å². The van der Waals surface area contributed by atoms with Gasteiger partial charge in [-0.2, -0.15) is 0 Å². The lowest BCUT2D eigenvalue weighted by Crippen LogP contribution is -2.07. The van der Waals surface area contributed by atoms with Crippen molar-refractivity contribution in [3.05, 3.63) is 36.5 Å². The number of unbranched alkanes of at least 4 members (excludes halogenated alkanes) is 4. The maximum Gasteiger partial charge on any atom is 0.186 e. The summed E-state index contributed by atoms with van der Waals surface area (Å²) in [5.74, 6) is 0.134. The van der Waals surface area contributed by atoms with Crippen molar-refractivity contribution in [2.24, 2.45) is 5.41 Å². The Labute approximate surface area is 161 Å². The molecule has 0 aromatic rings. The minimum Gasteiger partial charge on any atom is -0.361 e. The largest absolute Gasteiger partial charge is 0.361 e. The first-order valence-electron chi connectivity index (χ1n) is 10.6. The van der Waals surface area contributed by atoms with Gasteiger partial charge in [0.1, 0.15) is 6.10 Å². The lowest BCUT2D eigenvalue weighted by molar-refractivity contribution is -0.115. The number of carbonyl (C=O) groups excluding carboxylic acids is 1. The molecule has 1 rings (SSSR count). The predicted molar refractivity (Wildman–Crippen MR) is 112 cm³/mol. The Balaban J connectivity index is 2.03. The fraction of sp³-hybridized carbons (Fsp3) is 0.708. The van der Waals surface area contributed by atoms with Crippen molar-refractivity contribution in [3.63, 3.8) is 0 Å². The fourth-order valence-electron chi connectivity index (χ4n) is 2.97. The highest BCUT2D eigenvalue weighted by Crippen LogP contribution is 2.30. The molecule has 26 heavy (non-hydrogen) atoms. The first-order valence-corrected chi connectivity index (χ1v) is 10.6. The number of rotatable bonds is 14. The molecule has 0 aliphatic carbocycles. The Morgan fingerprint density at radius 3 is 2.31 bits per heavy atom. The molecule has 0 bridgehead atoms. The zero-order chi connectivity index (χ0) is 19.3. The van der Waals surface area contributed by atoms with Crippen LogP contribution in [0.5, 0.6) is 0 Å². The van der Waals surface area contributed by atoms with E-state index in [2.05, 4.69) is 52.0 Å². The average molecular weight is 361 g/mol. The molecule has 148 valence electrons. The monoisotopic (exact) mass is 360 g/mol. The first kappa shape index (κ1) is 22.9. The zero-order valence-corrected chi connectivity index (χ0v) is 17.5. The van der Waals surface area contributed by atoms with Crippen LogP contribution in [-0.4, -0.2) is 18.0 Å². The smallest absolute Gasteiger partial charge is 0.186 e. The van der Waals surface area contributed by atoms with E-state index in [9.17, 15) is 4.79 Å². The molecule has 0 amide bonds. The molecular formula is C24H40O2. The molecule has 0 N–H and O–H groups in total. The minimum atomic E-state index is -0.170. The molecular weight excluding hydrogens is 320 g/mol. The van der Waals surface area contributed by atoms with Crippen molar-refractivity contribution in [1.82, 2.24) is 0 Å². The molecule has 1 aliphatic rings. The summed E-state index contributed by atoms with van der Waals surface area (Å²) in [6, 6.07) is 0. The third kappa shape index (κ3) is 12.2. The molecule has 0 saturated carbocycles. The van der Waals surface area contributed by atoms with Crippen LogP contribution in [0.2, 0.25) is 0 Å². The summed E-state index contributed by atoms with van der Waals surface area (Å²) >= 11 is 0. The molecule has 0 aromatic carbocycles. The third-order valence-corrected chi connectivity index (χ3v) is 4.66. The molecule has 1 heterocycles. The second kappa shape index (κ2) is 13.1. The van der Waals surface area contributed by atoms with Gasteiger partial charge >= 0.3 is 0 Å². The van der Waals surface area contributed by atoms with E-state index in [0.717, 1.165) is 25.7 Å². The second-order valence-electron chi connectivity index (χ2n) is 8.62. The summed E-state index contributed by atoms with van der Waals surface area (Å²) in [4.78, 5) is 12.0. The molecule has 1 aliphatic heterocycles. The Morgan fingerprint density at radius 2 is 1.62 bits per heavy atom. The van der Waals surface area contributed by atoms with Gasteiger partial charge in [0, 0.05) is 0 Å². The number of hydrogen-bond acceptors (Lipinski definition) is 2. The van der Waals surface area contributed by atoms with Crippen LogP contribution in [0, 0.1) is 5.41 Å². The van der Waals surface area contributed by atoms with Crippen LogP contribution >= 0.6 is 0 Å². The predicted octanol–water partition coefficient (Wildman–Crippen LogP) is 6.96. The number of epoxide rings is 1. The molecule has 2 nitrogen and oxygen atoms in total. The van der Waals surface area contributed by atoms with Gasteiger partial charge < -0.3 is 4.74 Å². The first-order chi connectivity index (χ1) is 12.4. The molecule has 1 saturated heterocycles. The topological polar surface area (TPSA) is 29.6 Å². The van der Waals surface area contributed by atoms with Crippen molar-refractivity contribution in [2.75, 3.05) is 0 Å². The number of ketones is 1. The van der Waals surface area contributed by atoms with Crippen molar-refractivity contribution in [3.8, 4) is 0 Å². The molecule has 2 atom stereocenters. The van der Waals surface area contributed by atoms with Crippen LogP contribution < -0.4 is 0 Å². The summed E-state index contributed by atoms with van der Waals surface area (Å²) in [6.07, 6.45) is 23.9. The number of carbonyl (C=O) groups is 1. The summed E-state index contributed by atoms with van der Waals surface area (Å²) < 4.78 is 5.53. The lowest BCUT2D eigenvalue weighted by Gasteiger charge is -2.17. The van der Waals surface area contributed by atoms with Gasteiger partial charge in [0.05, 0.1) is 6.10 Å². The summed E-state index contributed by atoms with van der Waals surface area (Å²) in [7, 11) is 0. The van der Waals surface area contributed by atoms with Gasteiger partial charge in [-0.15, -0.1) is 0 Å². The van der Waals surface area contributed by atoms with Crippen LogP contribution in [0.4, 0.5) is 0 Å². The maximum absolute atomic E-state index is 12.0. The average Bonchev–Trinajstić information content (AvgIpc) is 3.35. The van der Waals surface area contributed by atoms with E-state index in [1.165, 1.54) is 38.5 Å². The van der Waals surface area contributed by atoms with E-state index in [1.54, 1.807) is 6.08 Å². The van der Waals surface area contributed by atoms with Crippen molar-refractivity contribution in [1.29, 1.82) is 0 Å². The number of hydrogen-bond donors (Lipinski definition) is 0. The van der Waals surface area contributed by atoms with Gasteiger partial charge in [0.2, 0.25) is 0 Å². The van der Waals surface area contributed by atoms with Gasteiger partial charge in [-0.3, -0.25) is 4.79 Å². The Kier molecular flexibility index (Phi) is 11.5. The Bertz CT molecular complexity index is 465. The van der Waals surface area contributed by atoms with Crippen molar-refractivity contribution in [2.45, 2.75) is 104 Å². The minimum absolute atomic E-state index is 0.134. The SMILES string of the molecule is CCCCC/C=C\C/C=C\C/C=C\C(=O)C1OC1CCCCC(C)(C)C. The lowest BCUT2D eigenvalue weighted by atomic mass is 9.89. The molecule has 0 spiro atoms. The van der Waals surface area contributed by atoms with Crippen LogP contribution in [0.1, 0.15) is 91.9 Å². The van der Waals surface area contributed by atoms with Crippen LogP contribution in [0.15, 0.2) is 36.5 Å². The number of allylic oxidation sites excluding steroid dienone is 5. The molecule has 2 unspecified atom stereocenters. The van der Waals surface area contributed by atoms with E-state index < -0.39 is 0 Å². The molecule has 0 radical (unpaired) electrons. The third-order valence-electron chi connectivity index (χ3n) is 4.66. The zero-order valence-electron chi connectivity index (χ0n) is 17.5. The molecule has 2 heteroatoms. The van der Waals surface area contributed by atoms with Gasteiger partial charge in [0.25, 0.3) is 0 Å². The second-order valence-corrected chi connectivity index (χ2v) is 8.62. The van der Waals surface area contributed by atoms with Gasteiger partial charge in [0.15, 0.2) is 5.78 Å². The highest BCUT2D eigenvalue weighted by atomic mass is 16.6. The van der Waals surface area contributed by atoms with E-state index in [-0.39, 0.29) is 18.0 Å². The van der Waals surface area contributed by atoms with Crippen LogP contribution in [-0.2, 0) is 9.53 Å². The highest BCUT2D eigenvalue weighted by molar-refractivity contribution is 5.95. The van der Waals surface area contributed by atoms with Crippen LogP contribution in [0.3, 0.4) is 0 Å². The quantitative estimate of drug-likeness (QED) is 0.145. The van der Waals surface area contributed by atoms with Gasteiger partial charge in [-0.1, -0.05) is 83.8 Å². The van der Waals surface area contributed by atoms with Crippen molar-refractivity contribution >= 4 is 5.78 Å². The molecule has 0 aromatic heterocycles. The Hall–Kier alpha value is -1.15. The summed E-state index contributed by atoms with van der Waals surface area (Å²) in [5, 5.41) is 0. The fourth-order valence-corrected chi connectivity index (χ4v) is 2.97. The normalized spacial score (nSPS) is 20.6. The Morgan fingerprint density at radius 1 is 0.923 bits per heavy atom. The number of ether oxygens (including phenoxy) is 1. The highest BCUT2D eigenvalue weighted by Gasteiger charge is 2.42. The summed E-state index contributed by atoms with van der Waals surface area (Å²) in [6.45, 7) is 9.05. The summed E-state index contributed by atoms with van der Waals surface area (Å²) in [5.41, 5.74) is 0.404. The van der Waals surface area contributed by atoms with E-state index in [4.69, 9.17) is 4.74 Å². The van der Waals surface area contributed by atoms with Crippen molar-refractivity contribution < 1.29 is 9.53 Å². The molecule has 1 fully saturated rings. The standard InChI is InChI=1S/C24H40O2/c1-5-6-7-8-9-10-11-12-13-14-15-18-21(25)23-22(26-23)19-16-17-20-24(2,3)4/h9-10,12-13,15,18,22-23H,5-8,11,14,16-17,19-20H2,1-4H3/b10-9-,13-12-,18-15-. The van der Waals surface area contributed by atoms with Gasteiger partial charge in [-0.25, -0.2) is 0 Å². The van der Waals surface area contributed by atoms with E-state index in [1.807, 2.05) is 6.08 Å². The maximum atomic E-state index is 12.0.